The number of methoxy groups -OCH3 is 1. The predicted octanol–water partition coefficient (Wildman–Crippen LogP) is -0.928. The van der Waals surface area contributed by atoms with E-state index in [9.17, 15) is 8.42 Å². The van der Waals surface area contributed by atoms with Gasteiger partial charge in [0.2, 0.25) is 10.0 Å². The zero-order chi connectivity index (χ0) is 12.3. The maximum absolute atomic E-state index is 12.2. The zero-order valence-corrected chi connectivity index (χ0v) is 10.8. The van der Waals surface area contributed by atoms with Crippen molar-refractivity contribution < 1.29 is 17.9 Å². The van der Waals surface area contributed by atoms with Crippen molar-refractivity contribution in [3.8, 4) is 0 Å². The van der Waals surface area contributed by atoms with Gasteiger partial charge in [-0.1, -0.05) is 0 Å². The van der Waals surface area contributed by atoms with Gasteiger partial charge in [0, 0.05) is 33.4 Å². The molecule has 100 valence electrons. The van der Waals surface area contributed by atoms with Crippen molar-refractivity contribution in [2.45, 2.75) is 30.2 Å². The Morgan fingerprint density at radius 1 is 1.29 bits per heavy atom. The molecule has 2 atom stereocenters. The van der Waals surface area contributed by atoms with Crippen LogP contribution in [0.25, 0.3) is 0 Å². The number of hydrogen-bond donors (Lipinski definition) is 2. The van der Waals surface area contributed by atoms with Crippen molar-refractivity contribution >= 4 is 10.0 Å². The fourth-order valence-electron chi connectivity index (χ4n) is 2.31. The van der Waals surface area contributed by atoms with Gasteiger partial charge in [0.25, 0.3) is 0 Å². The summed E-state index contributed by atoms with van der Waals surface area (Å²) < 4.78 is 37.5. The van der Waals surface area contributed by atoms with E-state index in [1.807, 2.05) is 0 Å². The molecule has 6 nitrogen and oxygen atoms in total. The van der Waals surface area contributed by atoms with Crippen LogP contribution < -0.4 is 10.0 Å². The van der Waals surface area contributed by atoms with E-state index >= 15 is 0 Å². The molecule has 2 aliphatic heterocycles. The third-order valence-electron chi connectivity index (χ3n) is 3.38. The van der Waals surface area contributed by atoms with Crippen molar-refractivity contribution in [2.24, 2.45) is 0 Å². The molecule has 0 amide bonds. The lowest BCUT2D eigenvalue weighted by atomic mass is 10.2. The normalized spacial score (nSPS) is 31.8. The summed E-state index contributed by atoms with van der Waals surface area (Å²) in [6.07, 6.45) is 1.07. The van der Waals surface area contributed by atoms with E-state index in [1.54, 1.807) is 7.11 Å². The van der Waals surface area contributed by atoms with Crippen molar-refractivity contribution in [3.05, 3.63) is 0 Å². The molecule has 0 aromatic rings. The molecule has 2 saturated heterocycles. The molecule has 2 rings (SSSR count). The maximum atomic E-state index is 12.2. The lowest BCUT2D eigenvalue weighted by Crippen LogP contribution is -2.48. The van der Waals surface area contributed by atoms with Crippen molar-refractivity contribution in [2.75, 3.05) is 33.4 Å². The van der Waals surface area contributed by atoms with Crippen LogP contribution in [0.2, 0.25) is 0 Å². The second kappa shape index (κ2) is 5.62. The van der Waals surface area contributed by atoms with E-state index in [0.717, 1.165) is 0 Å². The fourth-order valence-corrected chi connectivity index (χ4v) is 3.98. The summed E-state index contributed by atoms with van der Waals surface area (Å²) in [5, 5.41) is 2.80. The minimum Gasteiger partial charge on any atom is -0.381 e. The minimum atomic E-state index is -3.26. The average Bonchev–Trinajstić information content (AvgIpc) is 2.77. The second-order valence-electron chi connectivity index (χ2n) is 4.51. The first-order valence-corrected chi connectivity index (χ1v) is 7.50. The van der Waals surface area contributed by atoms with E-state index in [1.165, 1.54) is 0 Å². The summed E-state index contributed by atoms with van der Waals surface area (Å²) in [7, 11) is -1.66. The van der Waals surface area contributed by atoms with Crippen molar-refractivity contribution in [3.63, 3.8) is 0 Å². The Balaban J connectivity index is 1.96. The first-order valence-electron chi connectivity index (χ1n) is 5.96. The highest BCUT2D eigenvalue weighted by atomic mass is 32.2. The summed E-state index contributed by atoms with van der Waals surface area (Å²) in [6.45, 7) is 2.38. The maximum Gasteiger partial charge on any atom is 0.215 e. The first-order chi connectivity index (χ1) is 8.13. The van der Waals surface area contributed by atoms with E-state index < -0.39 is 10.0 Å². The van der Waals surface area contributed by atoms with Gasteiger partial charge < -0.3 is 14.8 Å². The third kappa shape index (κ3) is 3.17. The first kappa shape index (κ1) is 13.2. The van der Waals surface area contributed by atoms with Gasteiger partial charge in [-0.2, -0.15) is 0 Å². The zero-order valence-electron chi connectivity index (χ0n) is 10.0. The van der Waals surface area contributed by atoms with E-state index in [2.05, 4.69) is 10.0 Å². The van der Waals surface area contributed by atoms with E-state index in [0.29, 0.717) is 39.1 Å². The highest BCUT2D eigenvalue weighted by Crippen LogP contribution is 2.16. The van der Waals surface area contributed by atoms with Crippen LogP contribution in [-0.4, -0.2) is 59.2 Å². The SMILES string of the molecule is CO[C@H]1CNCC1NS(=O)(=O)C1CCOCC1. The predicted molar refractivity (Wildman–Crippen MR) is 63.4 cm³/mol. The smallest absolute Gasteiger partial charge is 0.215 e. The molecule has 2 N–H and O–H groups in total. The monoisotopic (exact) mass is 264 g/mol. The molecule has 0 aromatic heterocycles. The molecule has 0 aromatic carbocycles. The molecule has 0 bridgehead atoms. The lowest BCUT2D eigenvalue weighted by molar-refractivity contribution is 0.0955. The van der Waals surface area contributed by atoms with E-state index in [-0.39, 0.29) is 17.4 Å². The Hall–Kier alpha value is -0.210. The fraction of sp³-hybridized carbons (Fsp3) is 1.00. The molecule has 0 saturated carbocycles. The Bertz CT molecular complexity index is 340. The van der Waals surface area contributed by atoms with Crippen LogP contribution in [0.4, 0.5) is 0 Å². The molecule has 2 fully saturated rings. The summed E-state index contributed by atoms with van der Waals surface area (Å²) in [6, 6.07) is -0.159. The standard InChI is InChI=1S/C10H20N2O4S/c1-15-10-7-11-6-9(10)12-17(13,14)8-2-4-16-5-3-8/h8-12H,2-7H2,1H3/t9?,10-/m0/s1. The van der Waals surface area contributed by atoms with Crippen LogP contribution in [0.1, 0.15) is 12.8 Å². The summed E-state index contributed by atoms with van der Waals surface area (Å²) in [4.78, 5) is 0. The number of rotatable bonds is 4. The number of hydrogen-bond acceptors (Lipinski definition) is 5. The molecule has 1 unspecified atom stereocenters. The lowest BCUT2D eigenvalue weighted by Gasteiger charge is -2.25. The van der Waals surface area contributed by atoms with Gasteiger partial charge in [-0.25, -0.2) is 13.1 Å². The third-order valence-corrected chi connectivity index (χ3v) is 5.36. The quantitative estimate of drug-likeness (QED) is 0.686. The number of nitrogens with one attached hydrogen (secondary N) is 2. The molecule has 2 aliphatic rings. The summed E-state index contributed by atoms with van der Waals surface area (Å²) in [5.41, 5.74) is 0. The molecular weight excluding hydrogens is 244 g/mol. The Labute approximate surface area is 102 Å². The highest BCUT2D eigenvalue weighted by Gasteiger charge is 2.34. The van der Waals surface area contributed by atoms with Gasteiger partial charge in [0.15, 0.2) is 0 Å². The van der Waals surface area contributed by atoms with Gasteiger partial charge in [-0.3, -0.25) is 0 Å². The Morgan fingerprint density at radius 3 is 2.65 bits per heavy atom. The van der Waals surface area contributed by atoms with Crippen LogP contribution in [0.5, 0.6) is 0 Å². The topological polar surface area (TPSA) is 76.7 Å². The second-order valence-corrected chi connectivity index (χ2v) is 6.51. The van der Waals surface area contributed by atoms with Crippen LogP contribution in [0, 0.1) is 0 Å². The van der Waals surface area contributed by atoms with Crippen LogP contribution in [0.3, 0.4) is 0 Å². The van der Waals surface area contributed by atoms with Gasteiger partial charge >= 0.3 is 0 Å². The molecule has 0 radical (unpaired) electrons. The average molecular weight is 264 g/mol. The highest BCUT2D eigenvalue weighted by molar-refractivity contribution is 7.90. The minimum absolute atomic E-state index is 0.0791. The van der Waals surface area contributed by atoms with Gasteiger partial charge in [0.1, 0.15) is 0 Å². The van der Waals surface area contributed by atoms with E-state index in [4.69, 9.17) is 9.47 Å². The van der Waals surface area contributed by atoms with Gasteiger partial charge in [0.05, 0.1) is 17.4 Å². The molecule has 0 spiro atoms. The van der Waals surface area contributed by atoms with Crippen LogP contribution in [-0.2, 0) is 19.5 Å². The molecule has 0 aliphatic carbocycles. The Morgan fingerprint density at radius 2 is 2.00 bits per heavy atom. The number of ether oxygens (including phenoxy) is 2. The number of sulfonamides is 1. The summed E-state index contributed by atoms with van der Waals surface area (Å²) in [5.74, 6) is 0. The Kier molecular flexibility index (Phi) is 4.37. The molecule has 17 heavy (non-hydrogen) atoms. The van der Waals surface area contributed by atoms with Crippen LogP contribution >= 0.6 is 0 Å². The van der Waals surface area contributed by atoms with Crippen molar-refractivity contribution in [1.82, 2.24) is 10.0 Å². The molecule has 7 heteroatoms. The van der Waals surface area contributed by atoms with Crippen molar-refractivity contribution in [1.29, 1.82) is 0 Å². The van der Waals surface area contributed by atoms with Gasteiger partial charge in [-0.05, 0) is 12.8 Å². The van der Waals surface area contributed by atoms with Crippen LogP contribution in [0.15, 0.2) is 0 Å². The molecule has 2 heterocycles. The summed E-state index contributed by atoms with van der Waals surface area (Å²) >= 11 is 0. The largest absolute Gasteiger partial charge is 0.381 e. The molecular formula is C10H20N2O4S. The van der Waals surface area contributed by atoms with Gasteiger partial charge in [-0.15, -0.1) is 0 Å².